The van der Waals surface area contributed by atoms with E-state index in [9.17, 15) is 0 Å². The van der Waals surface area contributed by atoms with E-state index in [2.05, 4.69) is 68.9 Å². The molecule has 0 aliphatic heterocycles. The van der Waals surface area contributed by atoms with Crippen LogP contribution < -0.4 is 0 Å². The van der Waals surface area contributed by atoms with Crippen molar-refractivity contribution < 1.29 is 0 Å². The molecule has 0 nitrogen and oxygen atoms in total. The smallest absolute Gasteiger partial charge is 0.0203 e. The van der Waals surface area contributed by atoms with Crippen LogP contribution in [0.5, 0.6) is 0 Å². The fraction of sp³-hybridized carbons (Fsp3) is 0.933. The van der Waals surface area contributed by atoms with Crippen molar-refractivity contribution in [2.75, 3.05) is 0 Å². The second-order valence-corrected chi connectivity index (χ2v) is 11.7. The van der Waals surface area contributed by atoms with Gasteiger partial charge in [0.1, 0.15) is 0 Å². The molecule has 2 fully saturated rings. The molecular weight excluding hydrogens is 360 g/mol. The standard InChI is InChI=1S/C11H22.C11H20.C8H18/c2*1-9(2)8-11-7-5-4-6-10(11)3;1-5-7(3)8(4)6-2/h9-11H,4-8H2,1-3H3;9,11H,3-8H2,1-2H3;7-8H,5-6H2,1-4H3. The zero-order valence-electron chi connectivity index (χ0n) is 22.7. The van der Waals surface area contributed by atoms with E-state index in [1.54, 1.807) is 0 Å². The van der Waals surface area contributed by atoms with Gasteiger partial charge in [-0.25, -0.2) is 0 Å². The highest BCUT2D eigenvalue weighted by Gasteiger charge is 2.21. The molecule has 2 aliphatic rings. The van der Waals surface area contributed by atoms with E-state index in [0.29, 0.717) is 0 Å². The van der Waals surface area contributed by atoms with Crippen LogP contribution in [0.1, 0.15) is 139 Å². The average Bonchev–Trinajstić information content (AvgIpc) is 2.70. The van der Waals surface area contributed by atoms with Crippen LogP contribution in [-0.2, 0) is 0 Å². The van der Waals surface area contributed by atoms with Gasteiger partial charge in [0, 0.05) is 0 Å². The zero-order valence-corrected chi connectivity index (χ0v) is 22.7. The van der Waals surface area contributed by atoms with Gasteiger partial charge < -0.3 is 0 Å². The summed E-state index contributed by atoms with van der Waals surface area (Å²) in [6, 6.07) is 0. The molecular formula is C30H60. The van der Waals surface area contributed by atoms with Crippen molar-refractivity contribution in [3.8, 4) is 0 Å². The highest BCUT2D eigenvalue weighted by Crippen LogP contribution is 2.34. The van der Waals surface area contributed by atoms with Gasteiger partial charge in [-0.05, 0) is 73.5 Å². The largest absolute Gasteiger partial charge is 0.0996 e. The first-order valence-corrected chi connectivity index (χ1v) is 13.8. The molecule has 30 heavy (non-hydrogen) atoms. The Bertz CT molecular complexity index is 396. The van der Waals surface area contributed by atoms with Crippen LogP contribution in [0, 0.1) is 41.4 Å². The quantitative estimate of drug-likeness (QED) is 0.359. The number of hydrogen-bond acceptors (Lipinski definition) is 0. The Hall–Kier alpha value is -0.260. The molecule has 0 spiro atoms. The Kier molecular flexibility index (Phi) is 17.2. The number of hydrogen-bond donors (Lipinski definition) is 0. The minimum atomic E-state index is 0.842. The monoisotopic (exact) mass is 420 g/mol. The Morgan fingerprint density at radius 2 is 1.23 bits per heavy atom. The summed E-state index contributed by atoms with van der Waals surface area (Å²) in [5, 5.41) is 0. The van der Waals surface area contributed by atoms with Crippen LogP contribution in [0.2, 0.25) is 0 Å². The molecule has 0 aromatic heterocycles. The summed E-state index contributed by atoms with van der Waals surface area (Å²) < 4.78 is 0. The van der Waals surface area contributed by atoms with Gasteiger partial charge in [-0.1, -0.05) is 119 Å². The lowest BCUT2D eigenvalue weighted by Gasteiger charge is -2.29. The number of allylic oxidation sites excluding steroid dienone is 1. The van der Waals surface area contributed by atoms with Crippen molar-refractivity contribution in [2.45, 2.75) is 139 Å². The first kappa shape index (κ1) is 29.7. The molecule has 0 aromatic rings. The van der Waals surface area contributed by atoms with E-state index in [4.69, 9.17) is 0 Å². The third-order valence-corrected chi connectivity index (χ3v) is 7.96. The van der Waals surface area contributed by atoms with Crippen molar-refractivity contribution in [1.82, 2.24) is 0 Å². The maximum absolute atomic E-state index is 4.15. The summed E-state index contributed by atoms with van der Waals surface area (Å²) in [4.78, 5) is 0. The van der Waals surface area contributed by atoms with E-state index in [1.165, 1.54) is 82.6 Å². The molecule has 0 N–H and O–H groups in total. The van der Waals surface area contributed by atoms with Crippen molar-refractivity contribution in [3.63, 3.8) is 0 Å². The Morgan fingerprint density at radius 1 is 0.733 bits per heavy atom. The molecule has 0 heterocycles. The maximum atomic E-state index is 4.15. The first-order valence-electron chi connectivity index (χ1n) is 13.8. The van der Waals surface area contributed by atoms with E-state index in [1.807, 2.05) is 0 Å². The van der Waals surface area contributed by atoms with Gasteiger partial charge in [-0.2, -0.15) is 0 Å². The molecule has 0 heteroatoms. The van der Waals surface area contributed by atoms with Crippen LogP contribution in [0.4, 0.5) is 0 Å². The van der Waals surface area contributed by atoms with Gasteiger partial charge in [-0.3, -0.25) is 0 Å². The summed E-state index contributed by atoms with van der Waals surface area (Å²) in [6.45, 7) is 25.1. The fourth-order valence-corrected chi connectivity index (χ4v) is 5.16. The lowest BCUT2D eigenvalue weighted by Crippen LogP contribution is -2.18. The highest BCUT2D eigenvalue weighted by atomic mass is 14.3. The predicted molar refractivity (Wildman–Crippen MR) is 140 cm³/mol. The van der Waals surface area contributed by atoms with Crippen molar-refractivity contribution in [1.29, 1.82) is 0 Å². The van der Waals surface area contributed by atoms with E-state index >= 15 is 0 Å². The molecule has 0 saturated heterocycles. The summed E-state index contributed by atoms with van der Waals surface area (Å²) in [6.07, 6.45) is 16.9. The van der Waals surface area contributed by atoms with Crippen molar-refractivity contribution >= 4 is 0 Å². The Balaban J connectivity index is 0.000000428. The SMILES string of the molecule is C=C1CCCCC1CC(C)C.CC(C)CC1CCCCC1C.CCC(C)C(C)CC. The minimum absolute atomic E-state index is 0.842. The maximum Gasteiger partial charge on any atom is -0.0203 e. The normalized spacial score (nSPS) is 26.4. The van der Waals surface area contributed by atoms with Crippen LogP contribution in [0.25, 0.3) is 0 Å². The molecule has 5 atom stereocenters. The summed E-state index contributed by atoms with van der Waals surface area (Å²) >= 11 is 0. The van der Waals surface area contributed by atoms with Crippen LogP contribution in [-0.4, -0.2) is 0 Å². The fourth-order valence-electron chi connectivity index (χ4n) is 5.16. The second-order valence-electron chi connectivity index (χ2n) is 11.7. The first-order chi connectivity index (χ1) is 14.1. The summed E-state index contributed by atoms with van der Waals surface area (Å²) in [7, 11) is 0. The summed E-state index contributed by atoms with van der Waals surface area (Å²) in [5.41, 5.74) is 1.52. The molecule has 0 aromatic carbocycles. The third kappa shape index (κ3) is 13.9. The molecule has 2 rings (SSSR count). The van der Waals surface area contributed by atoms with Crippen LogP contribution in [0.15, 0.2) is 12.2 Å². The second kappa shape index (κ2) is 17.3. The van der Waals surface area contributed by atoms with Crippen molar-refractivity contribution in [2.24, 2.45) is 41.4 Å². The van der Waals surface area contributed by atoms with Gasteiger partial charge in [0.15, 0.2) is 0 Å². The summed E-state index contributed by atoms with van der Waals surface area (Å²) in [5.74, 6) is 6.48. The topological polar surface area (TPSA) is 0 Å². The van der Waals surface area contributed by atoms with Gasteiger partial charge in [0.25, 0.3) is 0 Å². The van der Waals surface area contributed by atoms with Gasteiger partial charge >= 0.3 is 0 Å². The van der Waals surface area contributed by atoms with Gasteiger partial charge in [0.05, 0.1) is 0 Å². The van der Waals surface area contributed by atoms with Crippen molar-refractivity contribution in [3.05, 3.63) is 12.2 Å². The molecule has 2 saturated carbocycles. The average molecular weight is 421 g/mol. The number of rotatable bonds is 7. The lowest BCUT2D eigenvalue weighted by atomic mass is 9.76. The highest BCUT2D eigenvalue weighted by molar-refractivity contribution is 5.03. The molecule has 180 valence electrons. The van der Waals surface area contributed by atoms with Crippen LogP contribution in [0.3, 0.4) is 0 Å². The van der Waals surface area contributed by atoms with E-state index in [0.717, 1.165) is 41.4 Å². The lowest BCUT2D eigenvalue weighted by molar-refractivity contribution is 0.220. The zero-order chi connectivity index (χ0) is 23.1. The van der Waals surface area contributed by atoms with Gasteiger partial charge in [0.2, 0.25) is 0 Å². The predicted octanol–water partition coefficient (Wildman–Crippen LogP) is 10.7. The Labute approximate surface area is 193 Å². The molecule has 0 bridgehead atoms. The van der Waals surface area contributed by atoms with E-state index < -0.39 is 0 Å². The molecule has 5 unspecified atom stereocenters. The molecule has 0 radical (unpaired) electrons. The third-order valence-electron chi connectivity index (χ3n) is 7.96. The van der Waals surface area contributed by atoms with Gasteiger partial charge in [-0.15, -0.1) is 0 Å². The minimum Gasteiger partial charge on any atom is -0.0996 e. The molecule has 0 amide bonds. The molecule has 2 aliphatic carbocycles. The van der Waals surface area contributed by atoms with Crippen LogP contribution >= 0.6 is 0 Å². The van der Waals surface area contributed by atoms with E-state index in [-0.39, 0.29) is 0 Å². The Morgan fingerprint density at radius 3 is 1.67 bits per heavy atom.